The lowest BCUT2D eigenvalue weighted by Crippen LogP contribution is -2.38. The summed E-state index contributed by atoms with van der Waals surface area (Å²) in [7, 11) is 0. The number of rotatable bonds is 5. The Morgan fingerprint density at radius 3 is 2.76 bits per heavy atom. The van der Waals surface area contributed by atoms with Gasteiger partial charge in [-0.2, -0.15) is 0 Å². The first-order valence-electron chi connectivity index (χ1n) is 8.54. The maximum absolute atomic E-state index is 11.3. The molecule has 1 aliphatic rings. The van der Waals surface area contributed by atoms with Gasteiger partial charge < -0.3 is 14.7 Å². The van der Waals surface area contributed by atoms with E-state index >= 15 is 0 Å². The highest BCUT2D eigenvalue weighted by atomic mass is 16.5. The fourth-order valence-electron chi connectivity index (χ4n) is 3.25. The molecule has 1 heterocycles. The first-order chi connectivity index (χ1) is 12.1. The molecule has 2 aromatic carbocycles. The molecule has 0 spiro atoms. The van der Waals surface area contributed by atoms with Crippen LogP contribution in [0.2, 0.25) is 0 Å². The van der Waals surface area contributed by atoms with Gasteiger partial charge in [-0.15, -0.1) is 0 Å². The van der Waals surface area contributed by atoms with Crippen LogP contribution in [0.1, 0.15) is 29.5 Å². The van der Waals surface area contributed by atoms with E-state index in [1.54, 1.807) is 0 Å². The van der Waals surface area contributed by atoms with E-state index in [2.05, 4.69) is 12.6 Å². The predicted molar refractivity (Wildman–Crippen MR) is 99.0 cm³/mol. The van der Waals surface area contributed by atoms with Crippen LogP contribution in [0, 0.1) is 6.92 Å². The molecule has 4 nitrogen and oxygen atoms in total. The number of hydrogen-bond acceptors (Lipinski definition) is 2. The summed E-state index contributed by atoms with van der Waals surface area (Å²) >= 11 is 0. The van der Waals surface area contributed by atoms with Gasteiger partial charge in [0.15, 0.2) is 0 Å². The number of aryl methyl sites for hydroxylation is 1. The Kier molecular flexibility index (Phi) is 5.08. The molecule has 130 valence electrons. The lowest BCUT2D eigenvalue weighted by Gasteiger charge is -2.23. The highest BCUT2D eigenvalue weighted by Crippen LogP contribution is 2.31. The monoisotopic (exact) mass is 337 g/mol. The van der Waals surface area contributed by atoms with Crippen molar-refractivity contribution in [3.05, 3.63) is 71.8 Å². The van der Waals surface area contributed by atoms with E-state index in [1.807, 2.05) is 49.4 Å². The van der Waals surface area contributed by atoms with Crippen LogP contribution < -0.4 is 4.74 Å². The van der Waals surface area contributed by atoms with Gasteiger partial charge in [0.25, 0.3) is 0 Å². The molecule has 2 aromatic rings. The number of ether oxygens (including phenoxy) is 1. The minimum Gasteiger partial charge on any atom is -0.491 e. The second kappa shape index (κ2) is 7.43. The summed E-state index contributed by atoms with van der Waals surface area (Å²) in [5.41, 5.74) is 4.03. The van der Waals surface area contributed by atoms with Crippen LogP contribution in [-0.4, -0.2) is 35.3 Å². The maximum Gasteiger partial charge on any atom is 0.407 e. The molecule has 0 aliphatic carbocycles. The zero-order valence-corrected chi connectivity index (χ0v) is 14.4. The normalized spacial score (nSPS) is 16.7. The van der Waals surface area contributed by atoms with Crippen LogP contribution >= 0.6 is 0 Å². The molecule has 25 heavy (non-hydrogen) atoms. The quantitative estimate of drug-likeness (QED) is 0.869. The van der Waals surface area contributed by atoms with E-state index in [1.165, 1.54) is 4.90 Å². The summed E-state index contributed by atoms with van der Waals surface area (Å²) in [5.74, 6) is 0.747. The average Bonchev–Trinajstić information content (AvgIpc) is 3.09. The first kappa shape index (κ1) is 17.1. The largest absolute Gasteiger partial charge is 0.491 e. The highest BCUT2D eigenvalue weighted by molar-refractivity contribution is 5.81. The van der Waals surface area contributed by atoms with Crippen LogP contribution in [-0.2, 0) is 0 Å². The molecule has 0 saturated carbocycles. The molecule has 0 aromatic heterocycles. The standard InChI is InChI=1S/C21H23NO3/c1-15-10-11-20(25-14-18-9-6-12-22(18)21(23)24)19(13-15)16(2)17-7-4-3-5-8-17/h3-5,7-8,10-11,13,18H,2,6,9,12,14H2,1H3,(H,23,24). The summed E-state index contributed by atoms with van der Waals surface area (Å²) < 4.78 is 6.03. The zero-order chi connectivity index (χ0) is 17.8. The zero-order valence-electron chi connectivity index (χ0n) is 14.4. The summed E-state index contributed by atoms with van der Waals surface area (Å²) in [6, 6.07) is 15.9. The molecule has 1 saturated heterocycles. The summed E-state index contributed by atoms with van der Waals surface area (Å²) in [5, 5.41) is 9.26. The highest BCUT2D eigenvalue weighted by Gasteiger charge is 2.29. The molecule has 1 aliphatic heterocycles. The Balaban J connectivity index is 1.80. The molecule has 0 radical (unpaired) electrons. The number of nitrogens with zero attached hydrogens (tertiary/aromatic N) is 1. The molecule has 1 amide bonds. The third kappa shape index (κ3) is 3.85. The second-order valence-electron chi connectivity index (χ2n) is 6.43. The van der Waals surface area contributed by atoms with Gasteiger partial charge >= 0.3 is 6.09 Å². The van der Waals surface area contributed by atoms with Gasteiger partial charge in [0, 0.05) is 12.1 Å². The SMILES string of the molecule is C=C(c1ccccc1)c1cc(C)ccc1OCC1CCCN1C(=O)O. The van der Waals surface area contributed by atoms with Gasteiger partial charge in [-0.25, -0.2) is 4.79 Å². The van der Waals surface area contributed by atoms with Gasteiger partial charge in [0.05, 0.1) is 6.04 Å². The second-order valence-corrected chi connectivity index (χ2v) is 6.43. The molecule has 3 rings (SSSR count). The van der Waals surface area contributed by atoms with Gasteiger partial charge in [-0.1, -0.05) is 48.5 Å². The van der Waals surface area contributed by atoms with Gasteiger partial charge in [0.2, 0.25) is 0 Å². The lowest BCUT2D eigenvalue weighted by molar-refractivity contribution is 0.123. The molecular weight excluding hydrogens is 314 g/mol. The third-order valence-corrected chi connectivity index (χ3v) is 4.64. The molecule has 1 fully saturated rings. The van der Waals surface area contributed by atoms with Gasteiger partial charge in [-0.3, -0.25) is 0 Å². The van der Waals surface area contributed by atoms with Crippen molar-refractivity contribution in [3.8, 4) is 5.75 Å². The molecule has 1 unspecified atom stereocenters. The lowest BCUT2D eigenvalue weighted by atomic mass is 9.97. The van der Waals surface area contributed by atoms with E-state index in [9.17, 15) is 9.90 Å². The van der Waals surface area contributed by atoms with E-state index in [0.717, 1.165) is 40.9 Å². The van der Waals surface area contributed by atoms with E-state index in [4.69, 9.17) is 4.74 Å². The first-order valence-corrected chi connectivity index (χ1v) is 8.54. The minimum absolute atomic E-state index is 0.0864. The van der Waals surface area contributed by atoms with Crippen molar-refractivity contribution in [2.45, 2.75) is 25.8 Å². The minimum atomic E-state index is -0.871. The van der Waals surface area contributed by atoms with E-state index in [0.29, 0.717) is 13.2 Å². The Morgan fingerprint density at radius 2 is 2.04 bits per heavy atom. The van der Waals surface area contributed by atoms with Crippen LogP contribution in [0.5, 0.6) is 5.75 Å². The van der Waals surface area contributed by atoms with Gasteiger partial charge in [0.1, 0.15) is 12.4 Å². The number of carbonyl (C=O) groups is 1. The summed E-state index contributed by atoms with van der Waals surface area (Å²) in [4.78, 5) is 12.8. The van der Waals surface area contributed by atoms with Crippen molar-refractivity contribution in [2.24, 2.45) is 0 Å². The fraction of sp³-hybridized carbons (Fsp3) is 0.286. The number of hydrogen-bond donors (Lipinski definition) is 1. The molecule has 0 bridgehead atoms. The van der Waals surface area contributed by atoms with Crippen LogP contribution in [0.15, 0.2) is 55.1 Å². The number of carboxylic acid groups (broad SMARTS) is 1. The van der Waals surface area contributed by atoms with E-state index < -0.39 is 6.09 Å². The topological polar surface area (TPSA) is 49.8 Å². The number of benzene rings is 2. The van der Waals surface area contributed by atoms with Crippen molar-refractivity contribution in [1.82, 2.24) is 4.90 Å². The predicted octanol–water partition coefficient (Wildman–Crippen LogP) is 4.58. The van der Waals surface area contributed by atoms with Gasteiger partial charge in [-0.05, 0) is 43.0 Å². The Morgan fingerprint density at radius 1 is 1.28 bits per heavy atom. The van der Waals surface area contributed by atoms with Crippen molar-refractivity contribution in [2.75, 3.05) is 13.2 Å². The van der Waals surface area contributed by atoms with Crippen molar-refractivity contribution < 1.29 is 14.6 Å². The molecule has 4 heteroatoms. The third-order valence-electron chi connectivity index (χ3n) is 4.64. The Bertz CT molecular complexity index is 770. The van der Waals surface area contributed by atoms with Crippen molar-refractivity contribution >= 4 is 11.7 Å². The molecular formula is C21H23NO3. The molecule has 1 N–H and O–H groups in total. The number of likely N-dealkylation sites (tertiary alicyclic amines) is 1. The van der Waals surface area contributed by atoms with Crippen LogP contribution in [0.3, 0.4) is 0 Å². The van der Waals surface area contributed by atoms with Crippen molar-refractivity contribution in [1.29, 1.82) is 0 Å². The van der Waals surface area contributed by atoms with Crippen molar-refractivity contribution in [3.63, 3.8) is 0 Å². The van der Waals surface area contributed by atoms with E-state index in [-0.39, 0.29) is 6.04 Å². The maximum atomic E-state index is 11.3. The Hall–Kier alpha value is -2.75. The Labute approximate surface area is 148 Å². The smallest absolute Gasteiger partial charge is 0.407 e. The number of amides is 1. The fourth-order valence-corrected chi connectivity index (χ4v) is 3.25. The van der Waals surface area contributed by atoms with Crippen LogP contribution in [0.25, 0.3) is 5.57 Å². The van der Waals surface area contributed by atoms with Crippen LogP contribution in [0.4, 0.5) is 4.79 Å². The molecule has 1 atom stereocenters. The summed E-state index contributed by atoms with van der Waals surface area (Å²) in [6.07, 6.45) is 0.856. The average molecular weight is 337 g/mol. The summed E-state index contributed by atoms with van der Waals surface area (Å²) in [6.45, 7) is 7.22.